The molecule has 1 unspecified atom stereocenters. The van der Waals surface area contributed by atoms with Gasteiger partial charge in [-0.05, 0) is 0 Å². The van der Waals surface area contributed by atoms with Crippen LogP contribution in [0.2, 0.25) is 0 Å². The number of halogens is 6. The average molecular weight is 233 g/mol. The SMILES string of the molecule is O=CC1(C(F)(F)F)N=NC(C(F)(F)F)=N1. The fourth-order valence-electron chi connectivity index (χ4n) is 0.687. The third kappa shape index (κ3) is 1.83. The third-order valence-electron chi connectivity index (χ3n) is 1.41. The van der Waals surface area contributed by atoms with Crippen LogP contribution in [0.4, 0.5) is 26.3 Å². The van der Waals surface area contributed by atoms with Gasteiger partial charge in [-0.25, -0.2) is 4.99 Å². The van der Waals surface area contributed by atoms with Gasteiger partial charge in [0.2, 0.25) is 0 Å². The zero-order chi connectivity index (χ0) is 11.9. The highest BCUT2D eigenvalue weighted by Gasteiger charge is 2.61. The Morgan fingerprint density at radius 1 is 1.13 bits per heavy atom. The van der Waals surface area contributed by atoms with Gasteiger partial charge < -0.3 is 0 Å². The highest BCUT2D eigenvalue weighted by atomic mass is 19.4. The molecule has 1 atom stereocenters. The predicted octanol–water partition coefficient (Wildman–Crippen LogP) is 1.87. The van der Waals surface area contributed by atoms with Gasteiger partial charge >= 0.3 is 18.0 Å². The first kappa shape index (κ1) is 11.6. The van der Waals surface area contributed by atoms with Gasteiger partial charge in [0.25, 0.3) is 5.84 Å². The number of aliphatic imine (C=N–C) groups is 1. The first-order valence-electron chi connectivity index (χ1n) is 3.25. The summed E-state index contributed by atoms with van der Waals surface area (Å²) in [4.78, 5) is 12.2. The minimum atomic E-state index is -5.34. The molecule has 0 amide bonds. The lowest BCUT2D eigenvalue weighted by Crippen LogP contribution is -2.42. The Labute approximate surface area is 77.7 Å². The standard InChI is InChI=1S/C5HF6N3O/c6-4(7,8)2-12-3(1-15,14-13-2)5(9,10)11/h1H. The summed E-state index contributed by atoms with van der Waals surface area (Å²) in [5.74, 6) is -2.08. The largest absolute Gasteiger partial charge is 0.453 e. The molecule has 0 saturated carbocycles. The van der Waals surface area contributed by atoms with E-state index in [1.165, 1.54) is 0 Å². The van der Waals surface area contributed by atoms with E-state index in [9.17, 15) is 31.1 Å². The summed E-state index contributed by atoms with van der Waals surface area (Å²) in [7, 11) is 0. The minimum absolute atomic E-state index is 0.838. The second-order valence-corrected chi connectivity index (χ2v) is 2.47. The summed E-state index contributed by atoms with van der Waals surface area (Å²) in [5.41, 5.74) is -3.75. The molecule has 4 nitrogen and oxygen atoms in total. The third-order valence-corrected chi connectivity index (χ3v) is 1.41. The van der Waals surface area contributed by atoms with E-state index < -0.39 is 30.1 Å². The topological polar surface area (TPSA) is 54.1 Å². The number of alkyl halides is 6. The molecule has 1 rings (SSSR count). The van der Waals surface area contributed by atoms with Crippen molar-refractivity contribution in [3.63, 3.8) is 0 Å². The van der Waals surface area contributed by atoms with Crippen molar-refractivity contribution in [1.82, 2.24) is 0 Å². The van der Waals surface area contributed by atoms with Crippen LogP contribution in [0.1, 0.15) is 0 Å². The second-order valence-electron chi connectivity index (χ2n) is 2.47. The van der Waals surface area contributed by atoms with Crippen molar-refractivity contribution in [2.75, 3.05) is 0 Å². The van der Waals surface area contributed by atoms with Gasteiger partial charge in [-0.3, -0.25) is 4.79 Å². The van der Waals surface area contributed by atoms with Gasteiger partial charge in [0.05, 0.1) is 0 Å². The summed E-state index contributed by atoms with van der Waals surface area (Å²) in [6.45, 7) is 0. The van der Waals surface area contributed by atoms with E-state index >= 15 is 0 Å². The van der Waals surface area contributed by atoms with E-state index in [1.54, 1.807) is 0 Å². The summed E-state index contributed by atoms with van der Waals surface area (Å²) in [5, 5.41) is 4.41. The minimum Gasteiger partial charge on any atom is -0.298 e. The van der Waals surface area contributed by atoms with E-state index in [-0.39, 0.29) is 0 Å². The second kappa shape index (κ2) is 3.00. The van der Waals surface area contributed by atoms with Crippen molar-refractivity contribution in [2.45, 2.75) is 18.0 Å². The lowest BCUT2D eigenvalue weighted by atomic mass is 10.2. The molecule has 0 fully saturated rings. The Morgan fingerprint density at radius 3 is 1.87 bits per heavy atom. The molecule has 0 radical (unpaired) electrons. The molecule has 0 bridgehead atoms. The fourth-order valence-corrected chi connectivity index (χ4v) is 0.687. The number of amidine groups is 1. The molecule has 0 aliphatic carbocycles. The first-order chi connectivity index (χ1) is 6.62. The number of hydrogen-bond acceptors (Lipinski definition) is 4. The Morgan fingerprint density at radius 2 is 1.67 bits per heavy atom. The molecule has 0 aromatic heterocycles. The molecule has 84 valence electrons. The summed E-state index contributed by atoms with van der Waals surface area (Å²) in [6.07, 6.45) is -11.3. The van der Waals surface area contributed by atoms with Gasteiger partial charge in [0, 0.05) is 0 Å². The predicted molar refractivity (Wildman–Crippen MR) is 33.2 cm³/mol. The van der Waals surface area contributed by atoms with Gasteiger partial charge in [-0.15, -0.1) is 10.2 Å². The Bertz CT molecular complexity index is 342. The number of azo groups is 1. The van der Waals surface area contributed by atoms with Crippen molar-refractivity contribution in [3.05, 3.63) is 0 Å². The van der Waals surface area contributed by atoms with Gasteiger partial charge in [-0.2, -0.15) is 26.3 Å². The van der Waals surface area contributed by atoms with E-state index in [0.29, 0.717) is 0 Å². The maximum absolute atomic E-state index is 12.1. The summed E-state index contributed by atoms with van der Waals surface area (Å²) < 4.78 is 71.9. The number of nitrogens with zero attached hydrogens (tertiary/aromatic N) is 3. The number of aldehydes is 1. The molecule has 0 spiro atoms. The molecule has 0 saturated heterocycles. The Kier molecular flexibility index (Phi) is 2.32. The molecular weight excluding hydrogens is 232 g/mol. The van der Waals surface area contributed by atoms with Gasteiger partial charge in [0.15, 0.2) is 6.29 Å². The van der Waals surface area contributed by atoms with E-state index in [0.717, 1.165) is 0 Å². The van der Waals surface area contributed by atoms with Crippen LogP contribution >= 0.6 is 0 Å². The van der Waals surface area contributed by atoms with E-state index in [2.05, 4.69) is 15.2 Å². The molecule has 0 aromatic carbocycles. The molecule has 10 heteroatoms. The van der Waals surface area contributed by atoms with Crippen LogP contribution in [-0.2, 0) is 4.79 Å². The van der Waals surface area contributed by atoms with Crippen LogP contribution < -0.4 is 0 Å². The van der Waals surface area contributed by atoms with Crippen LogP contribution in [0, 0.1) is 0 Å². The van der Waals surface area contributed by atoms with Crippen LogP contribution in [0.5, 0.6) is 0 Å². The molecule has 15 heavy (non-hydrogen) atoms. The van der Waals surface area contributed by atoms with Crippen LogP contribution in [-0.4, -0.2) is 30.1 Å². The van der Waals surface area contributed by atoms with Crippen molar-refractivity contribution >= 4 is 12.1 Å². The fraction of sp³-hybridized carbons (Fsp3) is 0.600. The Balaban J connectivity index is 3.18. The molecule has 1 aliphatic heterocycles. The number of carbonyl (C=O) groups is 1. The van der Waals surface area contributed by atoms with Crippen molar-refractivity contribution in [2.24, 2.45) is 15.2 Å². The van der Waals surface area contributed by atoms with Crippen molar-refractivity contribution in [1.29, 1.82) is 0 Å². The quantitative estimate of drug-likeness (QED) is 0.503. The Hall–Kier alpha value is -1.48. The van der Waals surface area contributed by atoms with Gasteiger partial charge in [0.1, 0.15) is 0 Å². The molecule has 1 heterocycles. The number of rotatable bonds is 1. The number of hydrogen-bond donors (Lipinski definition) is 0. The zero-order valence-electron chi connectivity index (χ0n) is 6.60. The summed E-state index contributed by atoms with van der Waals surface area (Å²) >= 11 is 0. The van der Waals surface area contributed by atoms with Crippen LogP contribution in [0.3, 0.4) is 0 Å². The van der Waals surface area contributed by atoms with Crippen molar-refractivity contribution < 1.29 is 31.1 Å². The average Bonchev–Trinajstić information content (AvgIpc) is 2.46. The molecule has 0 aromatic rings. The molecule has 0 N–H and O–H groups in total. The zero-order valence-corrected chi connectivity index (χ0v) is 6.60. The van der Waals surface area contributed by atoms with Crippen molar-refractivity contribution in [3.8, 4) is 0 Å². The van der Waals surface area contributed by atoms with Crippen LogP contribution in [0.15, 0.2) is 15.2 Å². The maximum atomic E-state index is 12.1. The molecular formula is C5HF6N3O. The highest BCUT2D eigenvalue weighted by molar-refractivity contribution is 5.92. The van der Waals surface area contributed by atoms with E-state index in [1.807, 2.05) is 0 Å². The normalized spacial score (nSPS) is 26.7. The smallest absolute Gasteiger partial charge is 0.298 e. The van der Waals surface area contributed by atoms with Gasteiger partial charge in [-0.1, -0.05) is 0 Å². The lowest BCUT2D eigenvalue weighted by Gasteiger charge is -2.17. The maximum Gasteiger partial charge on any atom is 0.453 e. The lowest BCUT2D eigenvalue weighted by molar-refractivity contribution is -0.180. The van der Waals surface area contributed by atoms with Crippen LogP contribution in [0.25, 0.3) is 0 Å². The summed E-state index contributed by atoms with van der Waals surface area (Å²) in [6, 6.07) is 0. The van der Waals surface area contributed by atoms with E-state index in [4.69, 9.17) is 0 Å². The first-order valence-corrected chi connectivity index (χ1v) is 3.25. The molecule has 1 aliphatic rings. The highest BCUT2D eigenvalue weighted by Crippen LogP contribution is 2.38. The monoisotopic (exact) mass is 233 g/mol. The number of carbonyl (C=O) groups excluding carboxylic acids is 1.